The van der Waals surface area contributed by atoms with Crippen LogP contribution in [0.25, 0.3) is 10.9 Å². The Morgan fingerprint density at radius 2 is 1.44 bits per heavy atom. The molecule has 2 aromatic carbocycles. The number of nitrogens with zero attached hydrogens (tertiary/aromatic N) is 1. The fourth-order valence-electron chi connectivity index (χ4n) is 4.49. The van der Waals surface area contributed by atoms with Gasteiger partial charge in [0.2, 0.25) is 23.6 Å². The van der Waals surface area contributed by atoms with Crippen LogP contribution in [0.3, 0.4) is 0 Å². The molecular formula is C29H39N9O4S. The molecular weight excluding hydrogens is 570 g/mol. The molecule has 3 rings (SSSR count). The molecule has 0 saturated carbocycles. The van der Waals surface area contributed by atoms with E-state index in [0.717, 1.165) is 22.0 Å². The third kappa shape index (κ3) is 10.0. The standard InChI is InChI=1S/C29H39N9O4S/c30-20(13-17-7-2-1-3-8-17)26(40)36-22(11-6-12-34-29(32)33)27(41)37-23(28(42)38-24(16-43)25(31)39)14-18-15-35-21-10-5-4-9-19(18)21/h1-5,7-10,15,20,22-24,35,43H,6,11-14,16,30H2,(H2,31,39)(H,36,40)(H,37,41)(H,38,42)(H4,32,33,34). The number of para-hydroxylation sites is 1. The molecule has 4 unspecified atom stereocenters. The third-order valence-electron chi connectivity index (χ3n) is 6.79. The number of hydrogen-bond donors (Lipinski definition) is 9. The lowest BCUT2D eigenvalue weighted by molar-refractivity contribution is -0.133. The Labute approximate surface area is 255 Å². The molecule has 230 valence electrons. The maximum Gasteiger partial charge on any atom is 0.243 e. The minimum Gasteiger partial charge on any atom is -0.370 e. The number of hydrogen-bond acceptors (Lipinski definition) is 7. The van der Waals surface area contributed by atoms with Crippen LogP contribution in [0.15, 0.2) is 65.8 Å². The van der Waals surface area contributed by atoms with Crippen molar-refractivity contribution in [2.75, 3.05) is 12.3 Å². The highest BCUT2D eigenvalue weighted by Gasteiger charge is 2.30. The monoisotopic (exact) mass is 609 g/mol. The number of rotatable bonds is 16. The number of primary amides is 1. The average molecular weight is 610 g/mol. The van der Waals surface area contributed by atoms with E-state index in [-0.39, 0.29) is 37.5 Å². The summed E-state index contributed by atoms with van der Waals surface area (Å²) in [5, 5.41) is 8.89. The van der Waals surface area contributed by atoms with Gasteiger partial charge in [0, 0.05) is 35.8 Å². The largest absolute Gasteiger partial charge is 0.370 e. The van der Waals surface area contributed by atoms with Crippen LogP contribution in [-0.4, -0.2) is 71.0 Å². The molecule has 1 heterocycles. The number of benzene rings is 2. The van der Waals surface area contributed by atoms with Gasteiger partial charge >= 0.3 is 0 Å². The second-order valence-corrected chi connectivity index (χ2v) is 10.4. The molecule has 0 saturated heterocycles. The summed E-state index contributed by atoms with van der Waals surface area (Å²) < 4.78 is 0. The van der Waals surface area contributed by atoms with E-state index in [1.54, 1.807) is 6.20 Å². The van der Waals surface area contributed by atoms with E-state index in [1.807, 2.05) is 54.6 Å². The SMILES string of the molecule is NC(=O)C(CS)NC(=O)C(Cc1c[nH]c2ccccc12)NC(=O)C(CCCN=C(N)N)NC(=O)C(N)Cc1ccccc1. The van der Waals surface area contributed by atoms with E-state index in [1.165, 1.54) is 0 Å². The molecule has 12 N–H and O–H groups in total. The highest BCUT2D eigenvalue weighted by molar-refractivity contribution is 7.80. The molecule has 14 heteroatoms. The predicted molar refractivity (Wildman–Crippen MR) is 169 cm³/mol. The van der Waals surface area contributed by atoms with Gasteiger partial charge in [0.25, 0.3) is 0 Å². The summed E-state index contributed by atoms with van der Waals surface area (Å²) >= 11 is 4.10. The number of aromatic nitrogens is 1. The van der Waals surface area contributed by atoms with Gasteiger partial charge in [0.15, 0.2) is 5.96 Å². The maximum absolute atomic E-state index is 13.6. The number of fused-ring (bicyclic) bond motifs is 1. The van der Waals surface area contributed by atoms with Crippen LogP contribution in [0.4, 0.5) is 0 Å². The van der Waals surface area contributed by atoms with E-state index in [0.29, 0.717) is 6.42 Å². The highest BCUT2D eigenvalue weighted by Crippen LogP contribution is 2.19. The number of thiol groups is 1. The predicted octanol–water partition coefficient (Wildman–Crippen LogP) is -0.796. The molecule has 0 aliphatic heterocycles. The Kier molecular flexibility index (Phi) is 12.4. The van der Waals surface area contributed by atoms with Crippen molar-refractivity contribution in [3.05, 3.63) is 71.9 Å². The molecule has 13 nitrogen and oxygen atoms in total. The summed E-state index contributed by atoms with van der Waals surface area (Å²) in [7, 11) is 0. The first-order valence-electron chi connectivity index (χ1n) is 13.8. The van der Waals surface area contributed by atoms with Crippen LogP contribution in [0.5, 0.6) is 0 Å². The summed E-state index contributed by atoms with van der Waals surface area (Å²) in [5.74, 6) is -2.68. The lowest BCUT2D eigenvalue weighted by Crippen LogP contribution is -2.58. The molecule has 0 bridgehead atoms. The first-order chi connectivity index (χ1) is 20.6. The van der Waals surface area contributed by atoms with Crippen LogP contribution < -0.4 is 38.9 Å². The molecule has 1 aromatic heterocycles. The van der Waals surface area contributed by atoms with Crippen LogP contribution in [0.2, 0.25) is 0 Å². The summed E-state index contributed by atoms with van der Waals surface area (Å²) in [4.78, 5) is 59.0. The van der Waals surface area contributed by atoms with Crippen molar-refractivity contribution in [3.63, 3.8) is 0 Å². The van der Waals surface area contributed by atoms with Gasteiger partial charge < -0.3 is 43.9 Å². The zero-order valence-corrected chi connectivity index (χ0v) is 24.6. The lowest BCUT2D eigenvalue weighted by atomic mass is 10.0. The van der Waals surface area contributed by atoms with Gasteiger partial charge in [-0.15, -0.1) is 0 Å². The van der Waals surface area contributed by atoms with Crippen LogP contribution in [0.1, 0.15) is 24.0 Å². The highest BCUT2D eigenvalue weighted by atomic mass is 32.1. The molecule has 43 heavy (non-hydrogen) atoms. The average Bonchev–Trinajstić information content (AvgIpc) is 3.39. The summed E-state index contributed by atoms with van der Waals surface area (Å²) in [6.07, 6.45) is 2.61. The Hall–Kier alpha value is -4.56. The second kappa shape index (κ2) is 16.2. The fraction of sp³-hybridized carbons (Fsp3) is 0.345. The molecule has 4 atom stereocenters. The summed E-state index contributed by atoms with van der Waals surface area (Å²) in [6, 6.07) is 12.6. The van der Waals surface area contributed by atoms with Crippen molar-refractivity contribution in [2.45, 2.75) is 49.9 Å². The second-order valence-electron chi connectivity index (χ2n) is 10.1. The maximum atomic E-state index is 13.6. The number of carbonyl (C=O) groups is 4. The molecule has 0 fully saturated rings. The smallest absolute Gasteiger partial charge is 0.243 e. The number of carbonyl (C=O) groups excluding carboxylic acids is 4. The van der Waals surface area contributed by atoms with Gasteiger partial charge in [-0.3, -0.25) is 24.2 Å². The van der Waals surface area contributed by atoms with Crippen molar-refractivity contribution < 1.29 is 19.2 Å². The molecule has 3 aromatic rings. The van der Waals surface area contributed by atoms with E-state index >= 15 is 0 Å². The lowest BCUT2D eigenvalue weighted by Gasteiger charge is -2.25. The van der Waals surface area contributed by atoms with Crippen molar-refractivity contribution >= 4 is 53.1 Å². The molecule has 0 aliphatic rings. The van der Waals surface area contributed by atoms with Crippen LogP contribution in [0, 0.1) is 0 Å². The van der Waals surface area contributed by atoms with Crippen molar-refractivity contribution in [1.29, 1.82) is 0 Å². The van der Waals surface area contributed by atoms with E-state index in [9.17, 15) is 19.2 Å². The van der Waals surface area contributed by atoms with Crippen molar-refractivity contribution in [2.24, 2.45) is 27.9 Å². The number of nitrogens with one attached hydrogen (secondary N) is 4. The van der Waals surface area contributed by atoms with Gasteiger partial charge in [-0.25, -0.2) is 0 Å². The number of guanidine groups is 1. The Morgan fingerprint density at radius 1 is 0.814 bits per heavy atom. The fourth-order valence-corrected chi connectivity index (χ4v) is 4.76. The minimum absolute atomic E-state index is 0.0302. The molecule has 0 radical (unpaired) electrons. The Bertz CT molecular complexity index is 1430. The number of aliphatic imine (C=N–C) groups is 1. The molecule has 4 amide bonds. The zero-order chi connectivity index (χ0) is 31.4. The van der Waals surface area contributed by atoms with Gasteiger partial charge in [-0.05, 0) is 36.5 Å². The Balaban J connectivity index is 1.82. The quantitative estimate of drug-likeness (QED) is 0.0433. The van der Waals surface area contributed by atoms with Crippen LogP contribution >= 0.6 is 12.6 Å². The summed E-state index contributed by atoms with van der Waals surface area (Å²) in [6.45, 7) is 0.222. The first-order valence-corrected chi connectivity index (χ1v) is 14.4. The van der Waals surface area contributed by atoms with E-state index < -0.39 is 47.8 Å². The van der Waals surface area contributed by atoms with Gasteiger partial charge in [0.1, 0.15) is 18.1 Å². The van der Waals surface area contributed by atoms with E-state index in [2.05, 4.69) is 38.6 Å². The molecule has 0 spiro atoms. The number of H-pyrrole nitrogens is 1. The first kappa shape index (κ1) is 32.9. The van der Waals surface area contributed by atoms with Gasteiger partial charge in [-0.2, -0.15) is 12.6 Å². The molecule has 0 aliphatic carbocycles. The number of aromatic amines is 1. The van der Waals surface area contributed by atoms with Gasteiger partial charge in [-0.1, -0.05) is 48.5 Å². The number of amides is 4. The van der Waals surface area contributed by atoms with Crippen molar-refractivity contribution in [3.8, 4) is 0 Å². The third-order valence-corrected chi connectivity index (χ3v) is 7.15. The minimum atomic E-state index is -1.12. The van der Waals surface area contributed by atoms with Crippen LogP contribution in [-0.2, 0) is 32.0 Å². The topological polar surface area (TPSA) is 237 Å². The normalized spacial score (nSPS) is 13.7. The Morgan fingerprint density at radius 3 is 2.12 bits per heavy atom. The van der Waals surface area contributed by atoms with Crippen molar-refractivity contribution in [1.82, 2.24) is 20.9 Å². The summed E-state index contributed by atoms with van der Waals surface area (Å²) in [5.41, 5.74) is 24.9. The zero-order valence-electron chi connectivity index (χ0n) is 23.7. The van der Waals surface area contributed by atoms with E-state index in [4.69, 9.17) is 22.9 Å². The van der Waals surface area contributed by atoms with Gasteiger partial charge in [0.05, 0.1) is 6.04 Å². The number of nitrogens with two attached hydrogens (primary N) is 4.